The number of ether oxygens (including phenoxy) is 1. The predicted octanol–water partition coefficient (Wildman–Crippen LogP) is 2.13. The van der Waals surface area contributed by atoms with Crippen molar-refractivity contribution in [2.75, 3.05) is 7.11 Å². The number of carbonyl (C=O) groups is 3. The van der Waals surface area contributed by atoms with Crippen LogP contribution in [0, 0.1) is 0 Å². The number of hydrogen-bond donors (Lipinski definition) is 1. The number of aromatic nitrogens is 2. The number of methoxy groups -OCH3 is 1. The number of thiophene rings is 1. The minimum atomic E-state index is -1.00. The Morgan fingerprint density at radius 2 is 2.08 bits per heavy atom. The molecule has 1 amide bonds. The second-order valence-corrected chi connectivity index (χ2v) is 6.68. The molecule has 24 heavy (non-hydrogen) atoms. The van der Waals surface area contributed by atoms with E-state index in [2.05, 4.69) is 10.4 Å². The zero-order valence-corrected chi connectivity index (χ0v) is 14.7. The van der Waals surface area contributed by atoms with E-state index in [9.17, 15) is 14.4 Å². The molecule has 0 saturated carbocycles. The van der Waals surface area contributed by atoms with Crippen LogP contribution >= 0.6 is 22.9 Å². The average Bonchev–Trinajstić information content (AvgIpc) is 3.18. The highest BCUT2D eigenvalue weighted by Gasteiger charge is 2.26. The van der Waals surface area contributed by atoms with Crippen molar-refractivity contribution in [1.29, 1.82) is 0 Å². The van der Waals surface area contributed by atoms with Gasteiger partial charge in [-0.15, -0.1) is 11.3 Å². The second-order valence-electron chi connectivity index (χ2n) is 4.96. The Bertz CT molecular complexity index is 755. The fraction of sp³-hybridized carbons (Fsp3) is 0.333. The van der Waals surface area contributed by atoms with E-state index in [0.717, 1.165) is 0 Å². The zero-order valence-electron chi connectivity index (χ0n) is 13.1. The van der Waals surface area contributed by atoms with Gasteiger partial charge in [0.25, 0.3) is 0 Å². The molecule has 128 valence electrons. The molecule has 1 N–H and O–H groups in total. The van der Waals surface area contributed by atoms with Crippen LogP contribution in [0.4, 0.5) is 0 Å². The summed E-state index contributed by atoms with van der Waals surface area (Å²) < 4.78 is 6.72. The molecule has 0 aliphatic carbocycles. The summed E-state index contributed by atoms with van der Waals surface area (Å²) >= 11 is 6.95. The molecule has 0 unspecified atom stereocenters. The number of rotatable bonds is 7. The molecule has 0 saturated heterocycles. The highest BCUT2D eigenvalue weighted by molar-refractivity contribution is 7.18. The SMILES string of the molecule is COC(=O)[C@H](NC(=O)CCC(=O)c1ccc(Cl)s1)c1ccn(C)n1. The number of nitrogens with one attached hydrogen (secondary N) is 1. The van der Waals surface area contributed by atoms with E-state index < -0.39 is 17.9 Å². The Hall–Kier alpha value is -2.19. The van der Waals surface area contributed by atoms with Crippen LogP contribution in [0.5, 0.6) is 0 Å². The van der Waals surface area contributed by atoms with Gasteiger partial charge in [-0.1, -0.05) is 11.6 Å². The fourth-order valence-electron chi connectivity index (χ4n) is 2.01. The molecule has 0 spiro atoms. The van der Waals surface area contributed by atoms with Gasteiger partial charge in [0.2, 0.25) is 5.91 Å². The third-order valence-corrected chi connectivity index (χ3v) is 4.47. The van der Waals surface area contributed by atoms with Crippen molar-refractivity contribution in [3.05, 3.63) is 39.3 Å². The third kappa shape index (κ3) is 4.65. The van der Waals surface area contributed by atoms with E-state index in [1.54, 1.807) is 31.4 Å². The lowest BCUT2D eigenvalue weighted by atomic mass is 10.1. The van der Waals surface area contributed by atoms with Gasteiger partial charge in [-0.2, -0.15) is 5.10 Å². The summed E-state index contributed by atoms with van der Waals surface area (Å²) in [6, 6.07) is 3.86. The zero-order chi connectivity index (χ0) is 17.7. The molecule has 9 heteroatoms. The standard InChI is InChI=1S/C15H16ClN3O4S/c1-19-8-7-9(18-19)14(15(22)23-2)17-13(21)6-3-10(20)11-4-5-12(16)24-11/h4-5,7-8,14H,3,6H2,1-2H3,(H,17,21)/t14-/m1/s1. The Morgan fingerprint density at radius 1 is 1.33 bits per heavy atom. The maximum Gasteiger partial charge on any atom is 0.334 e. The molecule has 1 atom stereocenters. The number of ketones is 1. The third-order valence-electron chi connectivity index (χ3n) is 3.20. The van der Waals surface area contributed by atoms with Crippen LogP contribution in [0.25, 0.3) is 0 Å². The Labute approximate surface area is 147 Å². The lowest BCUT2D eigenvalue weighted by molar-refractivity contribution is -0.145. The van der Waals surface area contributed by atoms with Crippen LogP contribution in [0.2, 0.25) is 4.34 Å². The molecule has 2 aromatic rings. The predicted molar refractivity (Wildman–Crippen MR) is 89.0 cm³/mol. The summed E-state index contributed by atoms with van der Waals surface area (Å²) in [6.45, 7) is 0. The van der Waals surface area contributed by atoms with Crippen LogP contribution in [-0.4, -0.2) is 34.6 Å². The van der Waals surface area contributed by atoms with Crippen molar-refractivity contribution in [2.45, 2.75) is 18.9 Å². The van der Waals surface area contributed by atoms with E-state index in [4.69, 9.17) is 16.3 Å². The molecule has 7 nitrogen and oxygen atoms in total. The quantitative estimate of drug-likeness (QED) is 0.596. The van der Waals surface area contributed by atoms with E-state index in [0.29, 0.717) is 14.9 Å². The summed E-state index contributed by atoms with van der Waals surface area (Å²) in [4.78, 5) is 36.4. The van der Waals surface area contributed by atoms with Crippen molar-refractivity contribution in [2.24, 2.45) is 7.05 Å². The van der Waals surface area contributed by atoms with Gasteiger partial charge >= 0.3 is 5.97 Å². The molecule has 0 aromatic carbocycles. The first-order valence-corrected chi connectivity index (χ1v) is 8.25. The Kier molecular flexibility index (Phi) is 6.10. The number of Topliss-reactive ketones (excluding diaryl/α,β-unsaturated/α-hetero) is 1. The molecule has 2 heterocycles. The van der Waals surface area contributed by atoms with Crippen LogP contribution in [0.3, 0.4) is 0 Å². The molecular weight excluding hydrogens is 354 g/mol. The number of aryl methyl sites for hydroxylation is 1. The highest BCUT2D eigenvalue weighted by Crippen LogP contribution is 2.23. The van der Waals surface area contributed by atoms with Gasteiger partial charge < -0.3 is 10.1 Å². The minimum absolute atomic E-state index is 0.0266. The molecule has 0 fully saturated rings. The topological polar surface area (TPSA) is 90.3 Å². The molecule has 0 bridgehead atoms. The summed E-state index contributed by atoms with van der Waals surface area (Å²) in [5, 5.41) is 6.65. The van der Waals surface area contributed by atoms with Crippen molar-refractivity contribution >= 4 is 40.6 Å². The van der Waals surface area contributed by atoms with Gasteiger partial charge in [-0.05, 0) is 18.2 Å². The lowest BCUT2D eigenvalue weighted by Crippen LogP contribution is -2.35. The van der Waals surface area contributed by atoms with Gasteiger partial charge in [0, 0.05) is 26.1 Å². The van der Waals surface area contributed by atoms with Crippen molar-refractivity contribution in [1.82, 2.24) is 15.1 Å². The first-order valence-electron chi connectivity index (χ1n) is 7.06. The van der Waals surface area contributed by atoms with Crippen LogP contribution in [-0.2, 0) is 21.4 Å². The Balaban J connectivity index is 1.95. The van der Waals surface area contributed by atoms with Gasteiger partial charge in [0.1, 0.15) is 0 Å². The second kappa shape index (κ2) is 8.07. The summed E-state index contributed by atoms with van der Waals surface area (Å²) in [5.41, 5.74) is 0.370. The normalized spacial score (nSPS) is 11.8. The number of esters is 1. The number of halogens is 1. The largest absolute Gasteiger partial charge is 0.467 e. The lowest BCUT2D eigenvalue weighted by Gasteiger charge is -2.14. The summed E-state index contributed by atoms with van der Waals surface area (Å²) in [6.07, 6.45) is 1.63. The molecule has 2 aromatic heterocycles. The maximum atomic E-state index is 12.1. The van der Waals surface area contributed by atoms with E-state index in [1.165, 1.54) is 23.1 Å². The molecular formula is C15H16ClN3O4S. The monoisotopic (exact) mass is 369 g/mol. The van der Waals surface area contributed by atoms with Gasteiger partial charge in [-0.25, -0.2) is 4.79 Å². The van der Waals surface area contributed by atoms with Gasteiger partial charge in [0.05, 0.1) is 22.0 Å². The highest BCUT2D eigenvalue weighted by atomic mass is 35.5. The van der Waals surface area contributed by atoms with Crippen LogP contribution in [0.15, 0.2) is 24.4 Å². The van der Waals surface area contributed by atoms with E-state index >= 15 is 0 Å². The smallest absolute Gasteiger partial charge is 0.334 e. The fourth-order valence-corrected chi connectivity index (χ4v) is 3.02. The average molecular weight is 370 g/mol. The van der Waals surface area contributed by atoms with E-state index in [-0.39, 0.29) is 18.6 Å². The van der Waals surface area contributed by atoms with Crippen molar-refractivity contribution in [3.63, 3.8) is 0 Å². The van der Waals surface area contributed by atoms with Crippen LogP contribution in [0.1, 0.15) is 34.2 Å². The summed E-state index contributed by atoms with van der Waals surface area (Å²) in [5.74, 6) is -1.24. The van der Waals surface area contributed by atoms with Gasteiger partial charge in [0.15, 0.2) is 11.8 Å². The number of carbonyl (C=O) groups excluding carboxylic acids is 3. The number of amides is 1. The molecule has 0 aliphatic heterocycles. The number of nitrogens with zero attached hydrogens (tertiary/aromatic N) is 2. The maximum absolute atomic E-state index is 12.1. The molecule has 2 rings (SSSR count). The van der Waals surface area contributed by atoms with Crippen molar-refractivity contribution < 1.29 is 19.1 Å². The first-order chi connectivity index (χ1) is 11.4. The Morgan fingerprint density at radius 3 is 2.62 bits per heavy atom. The molecule has 0 radical (unpaired) electrons. The van der Waals surface area contributed by atoms with Crippen LogP contribution < -0.4 is 5.32 Å². The number of hydrogen-bond acceptors (Lipinski definition) is 6. The minimum Gasteiger partial charge on any atom is -0.467 e. The molecule has 0 aliphatic rings. The first kappa shape index (κ1) is 18.2. The van der Waals surface area contributed by atoms with E-state index in [1.807, 2.05) is 0 Å². The summed E-state index contributed by atoms with van der Waals surface area (Å²) in [7, 11) is 2.93. The van der Waals surface area contributed by atoms with Gasteiger partial charge in [-0.3, -0.25) is 14.3 Å². The van der Waals surface area contributed by atoms with Crippen molar-refractivity contribution in [3.8, 4) is 0 Å².